The third-order valence-electron chi connectivity index (χ3n) is 2.12. The van der Waals surface area contributed by atoms with Gasteiger partial charge in [0.2, 0.25) is 0 Å². The average molecular weight is 218 g/mol. The first kappa shape index (κ1) is 9.46. The van der Waals surface area contributed by atoms with E-state index in [9.17, 15) is 0 Å². The molecule has 1 aliphatic rings. The highest BCUT2D eigenvalue weighted by atomic mass is 35.5. The maximum atomic E-state index is 5.81. The molecule has 72 valence electrons. The van der Waals surface area contributed by atoms with Gasteiger partial charge in [-0.2, -0.15) is 0 Å². The van der Waals surface area contributed by atoms with Crippen LogP contribution < -0.4 is 5.32 Å². The molecule has 1 atom stereocenters. The first-order valence-corrected chi connectivity index (χ1v) is 5.64. The summed E-state index contributed by atoms with van der Waals surface area (Å²) >= 11 is 7.51. The zero-order valence-corrected chi connectivity index (χ0v) is 8.83. The molecule has 1 fully saturated rings. The molecule has 2 rings (SSSR count). The van der Waals surface area contributed by atoms with Crippen LogP contribution in [0.1, 0.15) is 11.3 Å². The molecule has 2 nitrogen and oxygen atoms in total. The molecule has 0 amide bonds. The van der Waals surface area contributed by atoms with Crippen LogP contribution in [0.2, 0.25) is 5.02 Å². The molecule has 0 aromatic carbocycles. The van der Waals surface area contributed by atoms with Crippen LogP contribution in [-0.4, -0.2) is 19.3 Å². The van der Waals surface area contributed by atoms with Gasteiger partial charge >= 0.3 is 0 Å². The summed E-state index contributed by atoms with van der Waals surface area (Å²) in [6.45, 7) is 2.65. The van der Waals surface area contributed by atoms with Gasteiger partial charge in [-0.3, -0.25) is 0 Å². The van der Waals surface area contributed by atoms with Crippen LogP contribution in [0, 0.1) is 0 Å². The van der Waals surface area contributed by atoms with Gasteiger partial charge < -0.3 is 10.1 Å². The lowest BCUT2D eigenvalue weighted by Gasteiger charge is -2.08. The van der Waals surface area contributed by atoms with Gasteiger partial charge in [0.05, 0.1) is 11.6 Å². The van der Waals surface area contributed by atoms with E-state index in [4.69, 9.17) is 16.3 Å². The minimum atomic E-state index is 0.529. The normalized spacial score (nSPS) is 22.4. The molecule has 1 saturated heterocycles. The number of ether oxygens (including phenoxy) is 1. The van der Waals surface area contributed by atoms with Gasteiger partial charge in [-0.25, -0.2) is 0 Å². The summed E-state index contributed by atoms with van der Waals surface area (Å²) in [7, 11) is 0. The zero-order valence-electron chi connectivity index (χ0n) is 7.25. The van der Waals surface area contributed by atoms with E-state index in [-0.39, 0.29) is 0 Å². The Labute approximate surface area is 86.9 Å². The highest BCUT2D eigenvalue weighted by Crippen LogP contribution is 2.19. The van der Waals surface area contributed by atoms with Crippen LogP contribution in [0.15, 0.2) is 11.4 Å². The van der Waals surface area contributed by atoms with E-state index in [0.717, 1.165) is 31.2 Å². The van der Waals surface area contributed by atoms with E-state index in [1.165, 1.54) is 4.88 Å². The summed E-state index contributed by atoms with van der Waals surface area (Å²) in [5, 5.41) is 6.24. The predicted octanol–water partition coefficient (Wildman–Crippen LogP) is 2.28. The topological polar surface area (TPSA) is 21.3 Å². The second-order valence-electron chi connectivity index (χ2n) is 3.17. The van der Waals surface area contributed by atoms with Crippen LogP contribution in [0.3, 0.4) is 0 Å². The molecular formula is C9H12ClNOS. The van der Waals surface area contributed by atoms with Gasteiger partial charge in [-0.15, -0.1) is 11.3 Å². The first-order valence-electron chi connectivity index (χ1n) is 4.38. The maximum Gasteiger partial charge on any atom is 0.0620 e. The van der Waals surface area contributed by atoms with E-state index in [1.54, 1.807) is 11.3 Å². The summed E-state index contributed by atoms with van der Waals surface area (Å²) in [5.41, 5.74) is 0. The van der Waals surface area contributed by atoms with E-state index in [0.29, 0.717) is 6.04 Å². The minimum absolute atomic E-state index is 0.529. The summed E-state index contributed by atoms with van der Waals surface area (Å²) in [4.78, 5) is 1.29. The second-order valence-corrected chi connectivity index (χ2v) is 4.60. The number of halogens is 1. The van der Waals surface area contributed by atoms with E-state index < -0.39 is 0 Å². The van der Waals surface area contributed by atoms with Gasteiger partial charge in [-0.05, 0) is 12.5 Å². The highest BCUT2D eigenvalue weighted by molar-refractivity contribution is 7.10. The molecule has 2 heterocycles. The minimum Gasteiger partial charge on any atom is -0.380 e. The van der Waals surface area contributed by atoms with Crippen molar-refractivity contribution >= 4 is 22.9 Å². The maximum absolute atomic E-state index is 5.81. The molecule has 4 heteroatoms. The Bertz CT molecular complexity index is 270. The summed E-state index contributed by atoms with van der Waals surface area (Å²) in [6, 6.07) is 2.54. The van der Waals surface area contributed by atoms with Crippen LogP contribution in [0.4, 0.5) is 0 Å². The third-order valence-corrected chi connectivity index (χ3v) is 3.40. The van der Waals surface area contributed by atoms with Crippen LogP contribution in [0.5, 0.6) is 0 Å². The quantitative estimate of drug-likeness (QED) is 0.839. The van der Waals surface area contributed by atoms with Crippen LogP contribution in [-0.2, 0) is 11.3 Å². The Morgan fingerprint density at radius 2 is 2.62 bits per heavy atom. The molecule has 0 saturated carbocycles. The van der Waals surface area contributed by atoms with Gasteiger partial charge in [0.25, 0.3) is 0 Å². The van der Waals surface area contributed by atoms with E-state index >= 15 is 0 Å². The molecule has 1 unspecified atom stereocenters. The molecule has 1 aromatic rings. The number of hydrogen-bond acceptors (Lipinski definition) is 3. The Hall–Kier alpha value is -0.0900. The summed E-state index contributed by atoms with van der Waals surface area (Å²) in [5.74, 6) is 0. The number of thiophene rings is 1. The fraction of sp³-hybridized carbons (Fsp3) is 0.556. The molecule has 1 aliphatic heterocycles. The fourth-order valence-electron chi connectivity index (χ4n) is 1.39. The summed E-state index contributed by atoms with van der Waals surface area (Å²) < 4.78 is 5.27. The second kappa shape index (κ2) is 4.42. The van der Waals surface area contributed by atoms with Crippen LogP contribution >= 0.6 is 22.9 Å². The molecule has 0 radical (unpaired) electrons. The van der Waals surface area contributed by atoms with Crippen molar-refractivity contribution in [1.82, 2.24) is 5.32 Å². The predicted molar refractivity (Wildman–Crippen MR) is 55.4 cm³/mol. The molecule has 1 aromatic heterocycles. The van der Waals surface area contributed by atoms with Gasteiger partial charge in [0.1, 0.15) is 0 Å². The van der Waals surface area contributed by atoms with Crippen molar-refractivity contribution in [3.05, 3.63) is 21.3 Å². The van der Waals surface area contributed by atoms with Gasteiger partial charge in [-0.1, -0.05) is 11.6 Å². The highest BCUT2D eigenvalue weighted by Gasteiger charge is 2.14. The fourth-order valence-corrected chi connectivity index (χ4v) is 2.41. The molecule has 13 heavy (non-hydrogen) atoms. The first-order chi connectivity index (χ1) is 6.34. The number of hydrogen-bond donors (Lipinski definition) is 1. The van der Waals surface area contributed by atoms with E-state index in [1.807, 2.05) is 11.4 Å². The Kier molecular flexibility index (Phi) is 3.22. The zero-order chi connectivity index (χ0) is 9.10. The van der Waals surface area contributed by atoms with Crippen LogP contribution in [0.25, 0.3) is 0 Å². The van der Waals surface area contributed by atoms with Gasteiger partial charge in [0.15, 0.2) is 0 Å². The van der Waals surface area contributed by atoms with Crippen molar-refractivity contribution in [1.29, 1.82) is 0 Å². The van der Waals surface area contributed by atoms with Crippen molar-refractivity contribution < 1.29 is 4.74 Å². The van der Waals surface area contributed by atoms with Crippen molar-refractivity contribution in [2.75, 3.05) is 13.2 Å². The smallest absolute Gasteiger partial charge is 0.0620 e. The lowest BCUT2D eigenvalue weighted by atomic mass is 10.2. The number of nitrogens with one attached hydrogen (secondary N) is 1. The molecular weight excluding hydrogens is 206 g/mol. The Morgan fingerprint density at radius 3 is 3.23 bits per heavy atom. The Balaban J connectivity index is 1.78. The lowest BCUT2D eigenvalue weighted by Crippen LogP contribution is -2.28. The average Bonchev–Trinajstić information content (AvgIpc) is 2.71. The van der Waals surface area contributed by atoms with Crippen molar-refractivity contribution in [2.45, 2.75) is 19.0 Å². The molecule has 1 N–H and O–H groups in total. The lowest BCUT2D eigenvalue weighted by molar-refractivity contribution is 0.190. The molecule has 0 spiro atoms. The monoisotopic (exact) mass is 217 g/mol. The molecule has 0 aliphatic carbocycles. The SMILES string of the molecule is Clc1csc(CNC2CCOC2)c1. The summed E-state index contributed by atoms with van der Waals surface area (Å²) in [6.07, 6.45) is 1.12. The standard InChI is InChI=1S/C9H12ClNOS/c10-7-3-9(13-6-7)4-11-8-1-2-12-5-8/h3,6,8,11H,1-2,4-5H2. The van der Waals surface area contributed by atoms with E-state index in [2.05, 4.69) is 5.32 Å². The van der Waals surface area contributed by atoms with Crippen molar-refractivity contribution in [3.8, 4) is 0 Å². The molecule has 0 bridgehead atoms. The Morgan fingerprint density at radius 1 is 1.69 bits per heavy atom. The van der Waals surface area contributed by atoms with Crippen molar-refractivity contribution in [3.63, 3.8) is 0 Å². The largest absolute Gasteiger partial charge is 0.380 e. The number of rotatable bonds is 3. The van der Waals surface area contributed by atoms with Gasteiger partial charge in [0, 0.05) is 29.5 Å². The third kappa shape index (κ3) is 2.68. The van der Waals surface area contributed by atoms with Crippen molar-refractivity contribution in [2.24, 2.45) is 0 Å².